The fourth-order valence-electron chi connectivity index (χ4n) is 3.11. The van der Waals surface area contributed by atoms with Crippen molar-refractivity contribution >= 4 is 17.5 Å². The summed E-state index contributed by atoms with van der Waals surface area (Å²) in [5.41, 5.74) is 7.20. The van der Waals surface area contributed by atoms with Crippen LogP contribution in [0.15, 0.2) is 36.5 Å². The van der Waals surface area contributed by atoms with Gasteiger partial charge in [0.15, 0.2) is 5.65 Å². The maximum Gasteiger partial charge on any atom is 0.508 e. The third-order valence-electron chi connectivity index (χ3n) is 4.68. The summed E-state index contributed by atoms with van der Waals surface area (Å²) in [7, 11) is 0. The summed E-state index contributed by atoms with van der Waals surface area (Å²) in [5.74, 6) is 0. The van der Waals surface area contributed by atoms with Crippen LogP contribution in [0.1, 0.15) is 35.0 Å². The second-order valence-corrected chi connectivity index (χ2v) is 6.45. The van der Waals surface area contributed by atoms with Gasteiger partial charge in [0.1, 0.15) is 12.3 Å². The van der Waals surface area contributed by atoms with Gasteiger partial charge in [-0.3, -0.25) is 0 Å². The molecule has 0 atom stereocenters. The first-order valence-electron chi connectivity index (χ1n) is 9.06. The van der Waals surface area contributed by atoms with Crippen LogP contribution in [0.2, 0.25) is 0 Å². The van der Waals surface area contributed by atoms with E-state index in [1.807, 2.05) is 29.7 Å². The molecule has 6 heteroatoms. The first kappa shape index (κ1) is 18.8. The molecule has 27 heavy (non-hydrogen) atoms. The Labute approximate surface area is 159 Å². The lowest BCUT2D eigenvalue weighted by Gasteiger charge is -2.12. The van der Waals surface area contributed by atoms with Gasteiger partial charge in [-0.15, -0.1) is 0 Å². The van der Waals surface area contributed by atoms with Gasteiger partial charge in [0.2, 0.25) is 0 Å². The third kappa shape index (κ3) is 4.05. The standard InChI is InChI=1S/C21H25N3O3/c1-5-26-21(25)27-13-19-16(4)24-11-7-10-18(20(24)23-19)22-12-17-14(2)8-6-9-15(17)3/h6-11,22H,5,12-13H2,1-4H3. The first-order chi connectivity index (χ1) is 13.0. The van der Waals surface area contributed by atoms with Crippen molar-refractivity contribution in [3.8, 4) is 0 Å². The summed E-state index contributed by atoms with van der Waals surface area (Å²) in [4.78, 5) is 16.1. The van der Waals surface area contributed by atoms with Gasteiger partial charge in [0.05, 0.1) is 12.3 Å². The summed E-state index contributed by atoms with van der Waals surface area (Å²) in [6.45, 7) is 9.03. The van der Waals surface area contributed by atoms with Crippen LogP contribution in [0.5, 0.6) is 0 Å². The number of nitrogens with zero attached hydrogens (tertiary/aromatic N) is 2. The molecule has 0 fully saturated rings. The van der Waals surface area contributed by atoms with Crippen molar-refractivity contribution in [1.29, 1.82) is 0 Å². The summed E-state index contributed by atoms with van der Waals surface area (Å²) >= 11 is 0. The van der Waals surface area contributed by atoms with Gasteiger partial charge in [0, 0.05) is 18.4 Å². The third-order valence-corrected chi connectivity index (χ3v) is 4.68. The number of rotatable bonds is 6. The lowest BCUT2D eigenvalue weighted by atomic mass is 10.0. The van der Waals surface area contributed by atoms with Crippen LogP contribution in [-0.2, 0) is 22.6 Å². The van der Waals surface area contributed by atoms with E-state index < -0.39 is 6.16 Å². The molecule has 0 aliphatic carbocycles. The van der Waals surface area contributed by atoms with Gasteiger partial charge in [-0.2, -0.15) is 0 Å². The molecule has 0 saturated heterocycles. The maximum atomic E-state index is 11.4. The zero-order valence-corrected chi connectivity index (χ0v) is 16.2. The highest BCUT2D eigenvalue weighted by molar-refractivity contribution is 5.69. The van der Waals surface area contributed by atoms with Crippen LogP contribution in [-0.4, -0.2) is 22.1 Å². The van der Waals surface area contributed by atoms with E-state index in [2.05, 4.69) is 42.3 Å². The lowest BCUT2D eigenvalue weighted by Crippen LogP contribution is -2.07. The van der Waals surface area contributed by atoms with Crippen LogP contribution in [0.4, 0.5) is 10.5 Å². The molecule has 0 aliphatic rings. The minimum Gasteiger partial charge on any atom is -0.435 e. The number of carbonyl (C=O) groups excluding carboxylic acids is 1. The number of fused-ring (bicyclic) bond motifs is 1. The van der Waals surface area contributed by atoms with Crippen LogP contribution in [0, 0.1) is 20.8 Å². The van der Waals surface area contributed by atoms with E-state index in [1.54, 1.807) is 6.92 Å². The van der Waals surface area contributed by atoms with Crippen molar-refractivity contribution in [2.75, 3.05) is 11.9 Å². The van der Waals surface area contributed by atoms with E-state index in [0.29, 0.717) is 5.69 Å². The summed E-state index contributed by atoms with van der Waals surface area (Å²) < 4.78 is 11.9. The zero-order chi connectivity index (χ0) is 19.4. The Hall–Kier alpha value is -3.02. The van der Waals surface area contributed by atoms with Crippen molar-refractivity contribution in [3.05, 3.63) is 64.6 Å². The highest BCUT2D eigenvalue weighted by atomic mass is 16.7. The Bertz CT molecular complexity index is 942. The molecule has 0 bridgehead atoms. The molecule has 3 rings (SSSR count). The van der Waals surface area contributed by atoms with E-state index in [-0.39, 0.29) is 13.2 Å². The Kier molecular flexibility index (Phi) is 5.64. The topological polar surface area (TPSA) is 64.9 Å². The average Bonchev–Trinajstić information content (AvgIpc) is 2.97. The largest absolute Gasteiger partial charge is 0.508 e. The van der Waals surface area contributed by atoms with Crippen LogP contribution in [0.25, 0.3) is 5.65 Å². The fourth-order valence-corrected chi connectivity index (χ4v) is 3.11. The van der Waals surface area contributed by atoms with Crippen LogP contribution in [0.3, 0.4) is 0 Å². The molecule has 0 unspecified atom stereocenters. The highest BCUT2D eigenvalue weighted by Gasteiger charge is 2.14. The minimum atomic E-state index is -0.678. The quantitative estimate of drug-likeness (QED) is 0.648. The summed E-state index contributed by atoms with van der Waals surface area (Å²) in [6, 6.07) is 10.3. The normalized spacial score (nSPS) is 10.8. The van der Waals surface area contributed by atoms with Gasteiger partial charge in [0.25, 0.3) is 0 Å². The number of benzene rings is 1. The lowest BCUT2D eigenvalue weighted by molar-refractivity contribution is 0.0527. The van der Waals surface area contributed by atoms with Crippen molar-refractivity contribution in [3.63, 3.8) is 0 Å². The van der Waals surface area contributed by atoms with E-state index in [4.69, 9.17) is 9.47 Å². The Morgan fingerprint density at radius 3 is 2.56 bits per heavy atom. The van der Waals surface area contributed by atoms with E-state index >= 15 is 0 Å². The van der Waals surface area contributed by atoms with E-state index in [9.17, 15) is 4.79 Å². The number of ether oxygens (including phenoxy) is 2. The van der Waals surface area contributed by atoms with Crippen molar-refractivity contribution < 1.29 is 14.3 Å². The number of pyridine rings is 1. The van der Waals surface area contributed by atoms with E-state index in [0.717, 1.165) is 23.6 Å². The zero-order valence-electron chi connectivity index (χ0n) is 16.2. The molecule has 1 N–H and O–H groups in total. The van der Waals surface area contributed by atoms with Crippen LogP contribution >= 0.6 is 0 Å². The number of aromatic nitrogens is 2. The molecule has 6 nitrogen and oxygen atoms in total. The SMILES string of the molecule is CCOC(=O)OCc1nc2c(NCc3c(C)cccc3C)cccn2c1C. The Morgan fingerprint density at radius 1 is 1.11 bits per heavy atom. The van der Waals surface area contributed by atoms with Crippen molar-refractivity contribution in [2.45, 2.75) is 40.8 Å². The predicted molar refractivity (Wildman–Crippen MR) is 105 cm³/mol. The molecule has 0 spiro atoms. The maximum absolute atomic E-state index is 11.4. The number of aryl methyl sites for hydroxylation is 3. The minimum absolute atomic E-state index is 0.0860. The number of anilines is 1. The summed E-state index contributed by atoms with van der Waals surface area (Å²) in [6.07, 6.45) is 1.28. The highest BCUT2D eigenvalue weighted by Crippen LogP contribution is 2.22. The summed E-state index contributed by atoms with van der Waals surface area (Å²) in [5, 5.41) is 3.50. The number of carbonyl (C=O) groups is 1. The molecular weight excluding hydrogens is 342 g/mol. The number of hydrogen-bond donors (Lipinski definition) is 1. The number of hydrogen-bond acceptors (Lipinski definition) is 5. The molecule has 0 amide bonds. The predicted octanol–water partition coefficient (Wildman–Crippen LogP) is 4.54. The van der Waals surface area contributed by atoms with Gasteiger partial charge in [-0.1, -0.05) is 18.2 Å². The molecule has 0 aliphatic heterocycles. The molecule has 2 aromatic heterocycles. The Morgan fingerprint density at radius 2 is 1.85 bits per heavy atom. The molecule has 0 radical (unpaired) electrons. The second-order valence-electron chi connectivity index (χ2n) is 6.45. The molecule has 2 heterocycles. The molecule has 3 aromatic rings. The van der Waals surface area contributed by atoms with Gasteiger partial charge >= 0.3 is 6.16 Å². The molecule has 142 valence electrons. The number of imidazole rings is 1. The van der Waals surface area contributed by atoms with Gasteiger partial charge in [-0.25, -0.2) is 9.78 Å². The number of nitrogens with one attached hydrogen (secondary N) is 1. The van der Waals surface area contributed by atoms with Crippen molar-refractivity contribution in [2.24, 2.45) is 0 Å². The second kappa shape index (κ2) is 8.12. The average molecular weight is 367 g/mol. The van der Waals surface area contributed by atoms with Gasteiger partial charge in [-0.05, 0) is 56.5 Å². The molecular formula is C21H25N3O3. The first-order valence-corrected chi connectivity index (χ1v) is 9.06. The van der Waals surface area contributed by atoms with Crippen molar-refractivity contribution in [1.82, 2.24) is 9.38 Å². The Balaban J connectivity index is 1.82. The molecule has 1 aromatic carbocycles. The van der Waals surface area contributed by atoms with Crippen LogP contribution < -0.4 is 5.32 Å². The van der Waals surface area contributed by atoms with Gasteiger partial charge < -0.3 is 19.2 Å². The smallest absolute Gasteiger partial charge is 0.435 e. The van der Waals surface area contributed by atoms with E-state index in [1.165, 1.54) is 16.7 Å². The molecule has 0 saturated carbocycles. The fraction of sp³-hybridized carbons (Fsp3) is 0.333. The monoisotopic (exact) mass is 367 g/mol.